The minimum Gasteiger partial charge on any atom is -0.375 e. The maximum atomic E-state index is 11.9. The molecule has 0 aliphatic rings. The van der Waals surface area contributed by atoms with Crippen molar-refractivity contribution in [1.29, 1.82) is 0 Å². The van der Waals surface area contributed by atoms with Crippen molar-refractivity contribution in [2.75, 3.05) is 24.4 Å². The fourth-order valence-electron chi connectivity index (χ4n) is 1.85. The van der Waals surface area contributed by atoms with Crippen molar-refractivity contribution in [3.63, 3.8) is 0 Å². The van der Waals surface area contributed by atoms with Gasteiger partial charge in [-0.15, -0.1) is 0 Å². The van der Waals surface area contributed by atoms with Crippen molar-refractivity contribution in [3.05, 3.63) is 24.3 Å². The van der Waals surface area contributed by atoms with E-state index in [1.807, 2.05) is 13.8 Å². The number of carbonyl (C=O) groups is 2. The number of hydrogen-bond donors (Lipinski definition) is 3. The molecule has 0 saturated heterocycles. The average molecular weight is 293 g/mol. The zero-order valence-electron chi connectivity index (χ0n) is 12.7. The third-order valence-electron chi connectivity index (χ3n) is 2.75. The van der Waals surface area contributed by atoms with E-state index in [4.69, 9.17) is 10.5 Å². The van der Waals surface area contributed by atoms with Crippen molar-refractivity contribution >= 4 is 23.2 Å². The largest absolute Gasteiger partial charge is 0.375 e. The van der Waals surface area contributed by atoms with Crippen molar-refractivity contribution < 1.29 is 14.3 Å². The van der Waals surface area contributed by atoms with Crippen molar-refractivity contribution in [3.8, 4) is 0 Å². The van der Waals surface area contributed by atoms with Gasteiger partial charge in [0, 0.05) is 18.5 Å². The molecule has 0 heterocycles. The summed E-state index contributed by atoms with van der Waals surface area (Å²) in [5.41, 5.74) is 7.01. The number of nitrogens with one attached hydrogen (secondary N) is 2. The molecule has 0 fully saturated rings. The Balaban J connectivity index is 2.63. The molecule has 2 amide bonds. The van der Waals surface area contributed by atoms with Gasteiger partial charge in [0.1, 0.15) is 6.61 Å². The number of ether oxygens (including phenoxy) is 1. The van der Waals surface area contributed by atoms with Crippen LogP contribution in [-0.2, 0) is 14.3 Å². The molecule has 0 aromatic heterocycles. The Morgan fingerprint density at radius 3 is 2.43 bits per heavy atom. The quantitative estimate of drug-likeness (QED) is 0.711. The number of methoxy groups -OCH3 is 1. The van der Waals surface area contributed by atoms with Gasteiger partial charge in [-0.25, -0.2) is 0 Å². The molecule has 0 aliphatic carbocycles. The van der Waals surface area contributed by atoms with Gasteiger partial charge in [0.25, 0.3) is 0 Å². The number of benzene rings is 1. The summed E-state index contributed by atoms with van der Waals surface area (Å²) in [7, 11) is 1.45. The second-order valence-corrected chi connectivity index (χ2v) is 5.29. The fourth-order valence-corrected chi connectivity index (χ4v) is 1.85. The van der Waals surface area contributed by atoms with Crippen molar-refractivity contribution in [2.45, 2.75) is 26.3 Å². The molecule has 1 aromatic carbocycles. The Bertz CT molecular complexity index is 489. The van der Waals surface area contributed by atoms with Crippen LogP contribution in [0.4, 0.5) is 11.4 Å². The monoisotopic (exact) mass is 293 g/mol. The highest BCUT2D eigenvalue weighted by Gasteiger charge is 2.15. The number of carbonyl (C=O) groups excluding carboxylic acids is 2. The van der Waals surface area contributed by atoms with Gasteiger partial charge >= 0.3 is 0 Å². The van der Waals surface area contributed by atoms with E-state index >= 15 is 0 Å². The molecular weight excluding hydrogens is 270 g/mol. The summed E-state index contributed by atoms with van der Waals surface area (Å²) in [6.07, 6.45) is 0.621. The van der Waals surface area contributed by atoms with Gasteiger partial charge in [-0.2, -0.15) is 0 Å². The Morgan fingerprint density at radius 2 is 1.86 bits per heavy atom. The molecule has 4 N–H and O–H groups in total. The van der Waals surface area contributed by atoms with Gasteiger partial charge in [0.15, 0.2) is 0 Å². The molecule has 0 radical (unpaired) electrons. The average Bonchev–Trinajstić information content (AvgIpc) is 2.38. The Kier molecular flexibility index (Phi) is 6.84. The summed E-state index contributed by atoms with van der Waals surface area (Å²) >= 11 is 0. The Hall–Kier alpha value is -1.92. The predicted molar refractivity (Wildman–Crippen MR) is 83.0 cm³/mol. The number of nitrogens with two attached hydrogens (primary N) is 1. The lowest BCUT2D eigenvalue weighted by Crippen LogP contribution is -2.36. The Labute approximate surface area is 125 Å². The van der Waals surface area contributed by atoms with Crippen LogP contribution in [0, 0.1) is 5.92 Å². The first-order valence-corrected chi connectivity index (χ1v) is 6.87. The van der Waals surface area contributed by atoms with Crippen LogP contribution in [0.2, 0.25) is 0 Å². The zero-order valence-corrected chi connectivity index (χ0v) is 12.7. The maximum Gasteiger partial charge on any atom is 0.250 e. The van der Waals surface area contributed by atoms with E-state index in [0.29, 0.717) is 23.7 Å². The zero-order chi connectivity index (χ0) is 15.8. The van der Waals surface area contributed by atoms with Crippen LogP contribution in [0.25, 0.3) is 0 Å². The minimum absolute atomic E-state index is 0.0180. The van der Waals surface area contributed by atoms with Gasteiger partial charge < -0.3 is 21.1 Å². The molecule has 1 rings (SSSR count). The first-order valence-electron chi connectivity index (χ1n) is 6.87. The summed E-state index contributed by atoms with van der Waals surface area (Å²) in [6.45, 7) is 4.01. The van der Waals surface area contributed by atoms with Crippen LogP contribution in [-0.4, -0.2) is 31.6 Å². The summed E-state index contributed by atoms with van der Waals surface area (Å²) in [5, 5.41) is 5.42. The predicted octanol–water partition coefficient (Wildman–Crippen LogP) is 1.58. The third kappa shape index (κ3) is 6.37. The summed E-state index contributed by atoms with van der Waals surface area (Å²) in [6, 6.07) is 6.35. The molecule has 0 aliphatic heterocycles. The molecule has 21 heavy (non-hydrogen) atoms. The van der Waals surface area contributed by atoms with E-state index in [2.05, 4.69) is 10.6 Å². The highest BCUT2D eigenvalue weighted by atomic mass is 16.5. The van der Waals surface area contributed by atoms with Crippen LogP contribution in [0.15, 0.2) is 24.3 Å². The molecule has 0 unspecified atom stereocenters. The van der Waals surface area contributed by atoms with Crippen molar-refractivity contribution in [2.24, 2.45) is 11.7 Å². The van der Waals surface area contributed by atoms with Crippen LogP contribution < -0.4 is 16.4 Å². The van der Waals surface area contributed by atoms with E-state index in [-0.39, 0.29) is 18.4 Å². The highest BCUT2D eigenvalue weighted by molar-refractivity contribution is 5.96. The lowest BCUT2D eigenvalue weighted by atomic mass is 10.0. The first kappa shape index (κ1) is 17.1. The lowest BCUT2D eigenvalue weighted by molar-refractivity contribution is -0.119. The number of hydrogen-bond acceptors (Lipinski definition) is 4. The van der Waals surface area contributed by atoms with E-state index in [1.165, 1.54) is 7.11 Å². The van der Waals surface area contributed by atoms with Gasteiger partial charge in [-0.1, -0.05) is 19.9 Å². The number of amides is 2. The molecular formula is C15H23N3O3. The van der Waals surface area contributed by atoms with Gasteiger partial charge in [0.2, 0.25) is 11.8 Å². The standard InChI is InChI=1S/C15H23N3O3/c1-10(2)7-13(16)15(20)18-12-6-4-5-11(8-12)17-14(19)9-21-3/h4-6,8,10,13H,7,9,16H2,1-3H3,(H,17,19)(H,18,20)/t13-/m0/s1. The SMILES string of the molecule is COCC(=O)Nc1cccc(NC(=O)[C@@H](N)CC(C)C)c1. The smallest absolute Gasteiger partial charge is 0.250 e. The second-order valence-electron chi connectivity index (χ2n) is 5.29. The maximum absolute atomic E-state index is 11.9. The molecule has 1 atom stereocenters. The van der Waals surface area contributed by atoms with E-state index < -0.39 is 6.04 Å². The molecule has 6 nitrogen and oxygen atoms in total. The van der Waals surface area contributed by atoms with Crippen LogP contribution in [0.3, 0.4) is 0 Å². The topological polar surface area (TPSA) is 93.5 Å². The molecule has 6 heteroatoms. The van der Waals surface area contributed by atoms with Crippen LogP contribution in [0.5, 0.6) is 0 Å². The number of anilines is 2. The van der Waals surface area contributed by atoms with Gasteiger partial charge in [-0.05, 0) is 30.5 Å². The van der Waals surface area contributed by atoms with Crippen LogP contribution in [0.1, 0.15) is 20.3 Å². The fraction of sp³-hybridized carbons (Fsp3) is 0.467. The summed E-state index contributed by atoms with van der Waals surface area (Å²) in [4.78, 5) is 23.4. The third-order valence-corrected chi connectivity index (χ3v) is 2.75. The van der Waals surface area contributed by atoms with E-state index in [9.17, 15) is 9.59 Å². The summed E-state index contributed by atoms with van der Waals surface area (Å²) in [5.74, 6) is -0.132. The minimum atomic E-state index is -0.545. The number of rotatable bonds is 7. The second kappa shape index (κ2) is 8.39. The molecule has 1 aromatic rings. The highest BCUT2D eigenvalue weighted by Crippen LogP contribution is 2.16. The normalized spacial score (nSPS) is 12.0. The van der Waals surface area contributed by atoms with E-state index in [1.54, 1.807) is 24.3 Å². The van der Waals surface area contributed by atoms with E-state index in [0.717, 1.165) is 0 Å². The van der Waals surface area contributed by atoms with Gasteiger partial charge in [0.05, 0.1) is 6.04 Å². The van der Waals surface area contributed by atoms with Crippen LogP contribution >= 0.6 is 0 Å². The molecule has 0 spiro atoms. The molecule has 0 saturated carbocycles. The van der Waals surface area contributed by atoms with Gasteiger partial charge in [-0.3, -0.25) is 9.59 Å². The molecule has 116 valence electrons. The lowest BCUT2D eigenvalue weighted by Gasteiger charge is -2.14. The molecule has 0 bridgehead atoms. The van der Waals surface area contributed by atoms with Crippen molar-refractivity contribution in [1.82, 2.24) is 0 Å². The first-order chi connectivity index (χ1) is 9.92. The Morgan fingerprint density at radius 1 is 1.24 bits per heavy atom. The summed E-state index contributed by atoms with van der Waals surface area (Å²) < 4.78 is 4.74.